The number of carbonyl (C=O) groups excluding carboxylic acids is 1. The van der Waals surface area contributed by atoms with Gasteiger partial charge in [-0.3, -0.25) is 4.79 Å². The van der Waals surface area contributed by atoms with Gasteiger partial charge in [0.05, 0.1) is 0 Å². The Hall–Kier alpha value is -3.28. The number of carbonyl (C=O) groups is 1. The third-order valence-corrected chi connectivity index (χ3v) is 3.82. The van der Waals surface area contributed by atoms with E-state index in [0.29, 0.717) is 23.7 Å². The average molecular weight is 350 g/mol. The SMILES string of the molecule is Cc1cccc(C(=O)Nc2ccc(NCCc3ccc(F)cc3)nn2)c1. The van der Waals surface area contributed by atoms with Gasteiger partial charge in [0.1, 0.15) is 11.6 Å². The lowest BCUT2D eigenvalue weighted by Crippen LogP contribution is -2.14. The molecule has 0 fully saturated rings. The van der Waals surface area contributed by atoms with Crippen LogP contribution in [-0.4, -0.2) is 22.6 Å². The molecule has 132 valence electrons. The lowest BCUT2D eigenvalue weighted by Gasteiger charge is -2.07. The summed E-state index contributed by atoms with van der Waals surface area (Å²) in [5.41, 5.74) is 2.63. The minimum atomic E-state index is -0.240. The van der Waals surface area contributed by atoms with E-state index in [1.807, 2.05) is 25.1 Å². The monoisotopic (exact) mass is 350 g/mol. The van der Waals surface area contributed by atoms with Crippen LogP contribution in [0.15, 0.2) is 60.7 Å². The molecule has 5 nitrogen and oxygen atoms in total. The summed E-state index contributed by atoms with van der Waals surface area (Å²) in [5, 5.41) is 13.9. The number of halogens is 1. The number of nitrogens with zero attached hydrogens (tertiary/aromatic N) is 2. The zero-order chi connectivity index (χ0) is 18.4. The van der Waals surface area contributed by atoms with Crippen molar-refractivity contribution in [3.63, 3.8) is 0 Å². The minimum absolute atomic E-state index is 0.222. The summed E-state index contributed by atoms with van der Waals surface area (Å²) in [7, 11) is 0. The molecule has 0 radical (unpaired) electrons. The predicted octanol–water partition coefficient (Wildman–Crippen LogP) is 3.83. The summed E-state index contributed by atoms with van der Waals surface area (Å²) >= 11 is 0. The molecular weight excluding hydrogens is 331 g/mol. The van der Waals surface area contributed by atoms with E-state index >= 15 is 0 Å². The van der Waals surface area contributed by atoms with Crippen LogP contribution in [0.3, 0.4) is 0 Å². The van der Waals surface area contributed by atoms with E-state index in [0.717, 1.165) is 17.5 Å². The third kappa shape index (κ3) is 4.86. The van der Waals surface area contributed by atoms with Crippen molar-refractivity contribution in [2.45, 2.75) is 13.3 Å². The highest BCUT2D eigenvalue weighted by Gasteiger charge is 2.07. The molecule has 0 unspecified atom stereocenters. The molecule has 1 amide bonds. The standard InChI is InChI=1S/C20H19FN4O/c1-14-3-2-4-16(13-14)20(26)23-19-10-9-18(24-25-19)22-12-11-15-5-7-17(21)8-6-15/h2-10,13H,11-12H2,1H3,(H,22,24)(H,23,25,26). The summed E-state index contributed by atoms with van der Waals surface area (Å²) in [6.45, 7) is 2.58. The van der Waals surface area contributed by atoms with Gasteiger partial charge in [0.25, 0.3) is 5.91 Å². The maximum Gasteiger partial charge on any atom is 0.256 e. The molecule has 0 saturated heterocycles. The number of aryl methyl sites for hydroxylation is 1. The van der Waals surface area contributed by atoms with Crippen LogP contribution in [0.1, 0.15) is 21.5 Å². The van der Waals surface area contributed by atoms with Crippen molar-refractivity contribution < 1.29 is 9.18 Å². The molecule has 0 saturated carbocycles. The van der Waals surface area contributed by atoms with E-state index in [1.165, 1.54) is 12.1 Å². The highest BCUT2D eigenvalue weighted by atomic mass is 19.1. The maximum absolute atomic E-state index is 12.9. The van der Waals surface area contributed by atoms with Gasteiger partial charge in [0, 0.05) is 12.1 Å². The Morgan fingerprint density at radius 3 is 2.42 bits per heavy atom. The fraction of sp³-hybridized carbons (Fsp3) is 0.150. The molecule has 3 rings (SSSR count). The van der Waals surface area contributed by atoms with Crippen LogP contribution in [0.25, 0.3) is 0 Å². The summed E-state index contributed by atoms with van der Waals surface area (Å²) in [4.78, 5) is 12.2. The molecule has 0 aliphatic heterocycles. The molecule has 0 atom stereocenters. The van der Waals surface area contributed by atoms with Gasteiger partial charge in [0.2, 0.25) is 0 Å². The average Bonchev–Trinajstić information content (AvgIpc) is 2.65. The van der Waals surface area contributed by atoms with Crippen LogP contribution < -0.4 is 10.6 Å². The Kier molecular flexibility index (Phi) is 5.53. The molecule has 3 aromatic rings. The first-order valence-electron chi connectivity index (χ1n) is 8.30. The first-order chi connectivity index (χ1) is 12.6. The van der Waals surface area contributed by atoms with Crippen LogP contribution in [0, 0.1) is 12.7 Å². The minimum Gasteiger partial charge on any atom is -0.368 e. The van der Waals surface area contributed by atoms with E-state index in [2.05, 4.69) is 20.8 Å². The van der Waals surface area contributed by atoms with E-state index in [4.69, 9.17) is 0 Å². The van der Waals surface area contributed by atoms with Gasteiger partial charge in [0.15, 0.2) is 5.82 Å². The Labute approximate surface area is 151 Å². The van der Waals surface area contributed by atoms with Crippen LogP contribution in [-0.2, 0) is 6.42 Å². The van der Waals surface area contributed by atoms with Gasteiger partial charge in [-0.15, -0.1) is 10.2 Å². The van der Waals surface area contributed by atoms with Crippen LogP contribution >= 0.6 is 0 Å². The van der Waals surface area contributed by atoms with E-state index < -0.39 is 0 Å². The molecular formula is C20H19FN4O. The smallest absolute Gasteiger partial charge is 0.256 e. The third-order valence-electron chi connectivity index (χ3n) is 3.82. The summed E-state index contributed by atoms with van der Waals surface area (Å²) in [5.74, 6) is 0.539. The molecule has 2 N–H and O–H groups in total. The van der Waals surface area contributed by atoms with Crippen molar-refractivity contribution in [1.82, 2.24) is 10.2 Å². The zero-order valence-corrected chi connectivity index (χ0v) is 14.4. The van der Waals surface area contributed by atoms with Crippen molar-refractivity contribution in [1.29, 1.82) is 0 Å². The van der Waals surface area contributed by atoms with Gasteiger partial charge in [-0.25, -0.2) is 4.39 Å². The van der Waals surface area contributed by atoms with Gasteiger partial charge in [-0.1, -0.05) is 29.8 Å². The Bertz CT molecular complexity index is 879. The molecule has 26 heavy (non-hydrogen) atoms. The molecule has 0 bridgehead atoms. The number of anilines is 2. The van der Waals surface area contributed by atoms with Gasteiger partial charge >= 0.3 is 0 Å². The second-order valence-electron chi connectivity index (χ2n) is 5.93. The van der Waals surface area contributed by atoms with Crippen LogP contribution in [0.5, 0.6) is 0 Å². The summed E-state index contributed by atoms with van der Waals surface area (Å²) in [6.07, 6.45) is 0.744. The fourth-order valence-electron chi connectivity index (χ4n) is 2.45. The number of hydrogen-bond donors (Lipinski definition) is 2. The molecule has 6 heteroatoms. The highest BCUT2D eigenvalue weighted by Crippen LogP contribution is 2.10. The first-order valence-corrected chi connectivity index (χ1v) is 8.30. The molecule has 1 aromatic heterocycles. The topological polar surface area (TPSA) is 66.9 Å². The van der Waals surface area contributed by atoms with Gasteiger partial charge in [-0.05, 0) is 55.3 Å². The molecule has 2 aromatic carbocycles. The van der Waals surface area contributed by atoms with Crippen molar-refractivity contribution in [3.05, 3.63) is 83.2 Å². The Morgan fingerprint density at radius 2 is 1.73 bits per heavy atom. The number of benzene rings is 2. The normalized spacial score (nSPS) is 10.4. The van der Waals surface area contributed by atoms with Gasteiger partial charge < -0.3 is 10.6 Å². The van der Waals surface area contributed by atoms with Crippen molar-refractivity contribution >= 4 is 17.5 Å². The van der Waals surface area contributed by atoms with Crippen molar-refractivity contribution in [3.8, 4) is 0 Å². The lowest BCUT2D eigenvalue weighted by atomic mass is 10.1. The van der Waals surface area contributed by atoms with Crippen molar-refractivity contribution in [2.75, 3.05) is 17.2 Å². The van der Waals surface area contributed by atoms with Crippen LogP contribution in [0.2, 0.25) is 0 Å². The molecule has 0 spiro atoms. The predicted molar refractivity (Wildman–Crippen MR) is 99.8 cm³/mol. The number of amides is 1. The van der Waals surface area contributed by atoms with Gasteiger partial charge in [-0.2, -0.15) is 0 Å². The quantitative estimate of drug-likeness (QED) is 0.709. The second-order valence-corrected chi connectivity index (χ2v) is 5.93. The van der Waals surface area contributed by atoms with E-state index in [9.17, 15) is 9.18 Å². The maximum atomic E-state index is 12.9. The Balaban J connectivity index is 1.51. The molecule has 0 aliphatic carbocycles. The van der Waals surface area contributed by atoms with E-state index in [-0.39, 0.29) is 11.7 Å². The fourth-order valence-corrected chi connectivity index (χ4v) is 2.45. The lowest BCUT2D eigenvalue weighted by molar-refractivity contribution is 0.102. The number of aromatic nitrogens is 2. The van der Waals surface area contributed by atoms with Crippen LogP contribution in [0.4, 0.5) is 16.0 Å². The van der Waals surface area contributed by atoms with E-state index in [1.54, 1.807) is 30.3 Å². The second kappa shape index (κ2) is 8.20. The number of rotatable bonds is 6. The zero-order valence-electron chi connectivity index (χ0n) is 14.4. The summed E-state index contributed by atoms with van der Waals surface area (Å²) in [6, 6.07) is 17.2. The number of nitrogens with one attached hydrogen (secondary N) is 2. The first kappa shape index (κ1) is 17.5. The number of hydrogen-bond acceptors (Lipinski definition) is 4. The Morgan fingerprint density at radius 1 is 1.00 bits per heavy atom. The van der Waals surface area contributed by atoms with Crippen molar-refractivity contribution in [2.24, 2.45) is 0 Å². The summed E-state index contributed by atoms with van der Waals surface area (Å²) < 4.78 is 12.9. The molecule has 1 heterocycles. The molecule has 0 aliphatic rings. The highest BCUT2D eigenvalue weighted by molar-refractivity contribution is 6.03. The largest absolute Gasteiger partial charge is 0.368 e.